The predicted molar refractivity (Wildman–Crippen MR) is 70.6 cm³/mol. The summed E-state index contributed by atoms with van der Waals surface area (Å²) in [7, 11) is 0. The second-order valence-electron chi connectivity index (χ2n) is 4.79. The van der Waals surface area contributed by atoms with Crippen molar-refractivity contribution < 1.29 is 0 Å². The van der Waals surface area contributed by atoms with E-state index in [2.05, 4.69) is 42.5 Å². The summed E-state index contributed by atoms with van der Waals surface area (Å²) < 4.78 is 0. The van der Waals surface area contributed by atoms with Gasteiger partial charge in [0.05, 0.1) is 0 Å². The Balaban J connectivity index is 2.00. The third-order valence-corrected chi connectivity index (χ3v) is 3.54. The van der Waals surface area contributed by atoms with Crippen LogP contribution in [-0.2, 0) is 0 Å². The van der Waals surface area contributed by atoms with Gasteiger partial charge in [0.25, 0.3) is 0 Å². The van der Waals surface area contributed by atoms with Crippen LogP contribution in [-0.4, -0.2) is 0 Å². The van der Waals surface area contributed by atoms with Crippen LogP contribution < -0.4 is 0 Å². The Morgan fingerprint density at radius 2 is 1.56 bits per heavy atom. The van der Waals surface area contributed by atoms with Crippen LogP contribution in [0.1, 0.15) is 56.4 Å². The Bertz CT molecular complexity index is 310. The molecule has 0 aliphatic heterocycles. The molecule has 0 nitrogen and oxygen atoms in total. The van der Waals surface area contributed by atoms with Gasteiger partial charge in [-0.15, -0.1) is 0 Å². The first kappa shape index (κ1) is 11.4. The number of rotatable bonds is 1. The fraction of sp³-hybridized carbons (Fsp3) is 0.500. The number of hydrogen-bond donors (Lipinski definition) is 0. The van der Waals surface area contributed by atoms with E-state index in [1.165, 1.54) is 50.5 Å². The van der Waals surface area contributed by atoms with E-state index in [4.69, 9.17) is 0 Å². The minimum absolute atomic E-state index is 0.781. The molecule has 1 aromatic carbocycles. The zero-order valence-electron chi connectivity index (χ0n) is 10.1. The molecular formula is C16H22. The molecule has 16 heavy (non-hydrogen) atoms. The molecule has 0 aromatic heterocycles. The van der Waals surface area contributed by atoms with Crippen molar-refractivity contribution in [3.63, 3.8) is 0 Å². The maximum atomic E-state index is 2.38. The summed E-state index contributed by atoms with van der Waals surface area (Å²) in [4.78, 5) is 0. The van der Waals surface area contributed by atoms with Crippen LogP contribution in [0, 0.1) is 0 Å². The Morgan fingerprint density at radius 3 is 2.44 bits per heavy atom. The average molecular weight is 214 g/mol. The van der Waals surface area contributed by atoms with Crippen molar-refractivity contribution >= 4 is 0 Å². The molecular weight excluding hydrogens is 192 g/mol. The van der Waals surface area contributed by atoms with Crippen molar-refractivity contribution in [2.24, 2.45) is 0 Å². The zero-order chi connectivity index (χ0) is 11.1. The molecule has 0 spiro atoms. The van der Waals surface area contributed by atoms with Gasteiger partial charge >= 0.3 is 0 Å². The van der Waals surface area contributed by atoms with Gasteiger partial charge < -0.3 is 0 Å². The lowest BCUT2D eigenvalue weighted by atomic mass is 9.88. The van der Waals surface area contributed by atoms with Crippen LogP contribution >= 0.6 is 0 Å². The molecule has 1 atom stereocenters. The van der Waals surface area contributed by atoms with Crippen molar-refractivity contribution in [1.82, 2.24) is 0 Å². The molecule has 1 aliphatic rings. The van der Waals surface area contributed by atoms with E-state index in [1.807, 2.05) is 0 Å². The maximum Gasteiger partial charge on any atom is -0.0159 e. The number of hydrogen-bond acceptors (Lipinski definition) is 0. The summed E-state index contributed by atoms with van der Waals surface area (Å²) >= 11 is 0. The molecule has 0 heteroatoms. The van der Waals surface area contributed by atoms with Gasteiger partial charge in [-0.05, 0) is 43.6 Å². The SMILES string of the molecule is C1=CCCC(c2ccccc2)CCCCC1. The van der Waals surface area contributed by atoms with Crippen molar-refractivity contribution in [3.8, 4) is 0 Å². The highest BCUT2D eigenvalue weighted by Crippen LogP contribution is 2.28. The largest absolute Gasteiger partial charge is 0.0885 e. The molecule has 0 bridgehead atoms. The highest BCUT2D eigenvalue weighted by atomic mass is 14.2. The van der Waals surface area contributed by atoms with Gasteiger partial charge in [0.2, 0.25) is 0 Å². The first-order valence-electron chi connectivity index (χ1n) is 6.67. The molecule has 0 radical (unpaired) electrons. The lowest BCUT2D eigenvalue weighted by Crippen LogP contribution is -1.99. The normalized spacial score (nSPS) is 22.9. The van der Waals surface area contributed by atoms with Crippen molar-refractivity contribution in [3.05, 3.63) is 48.0 Å². The topological polar surface area (TPSA) is 0 Å². The minimum Gasteiger partial charge on any atom is -0.0885 e. The maximum absolute atomic E-state index is 2.38. The van der Waals surface area contributed by atoms with Crippen molar-refractivity contribution in [2.75, 3.05) is 0 Å². The molecule has 1 unspecified atom stereocenters. The van der Waals surface area contributed by atoms with Crippen molar-refractivity contribution in [2.45, 2.75) is 50.9 Å². The Kier molecular flexibility index (Phi) is 4.67. The zero-order valence-corrected chi connectivity index (χ0v) is 10.1. The second-order valence-corrected chi connectivity index (χ2v) is 4.79. The predicted octanol–water partition coefficient (Wildman–Crippen LogP) is 5.07. The van der Waals surface area contributed by atoms with Gasteiger partial charge in [-0.3, -0.25) is 0 Å². The first-order chi connectivity index (χ1) is 7.97. The van der Waals surface area contributed by atoms with Crippen LogP contribution in [0.5, 0.6) is 0 Å². The van der Waals surface area contributed by atoms with Crippen LogP contribution in [0.15, 0.2) is 42.5 Å². The summed E-state index contributed by atoms with van der Waals surface area (Å²) in [6, 6.07) is 11.0. The highest BCUT2D eigenvalue weighted by molar-refractivity contribution is 5.19. The summed E-state index contributed by atoms with van der Waals surface area (Å²) in [5.41, 5.74) is 1.54. The molecule has 1 aromatic rings. The van der Waals surface area contributed by atoms with E-state index >= 15 is 0 Å². The van der Waals surface area contributed by atoms with Crippen molar-refractivity contribution in [1.29, 1.82) is 0 Å². The lowest BCUT2D eigenvalue weighted by molar-refractivity contribution is 0.527. The summed E-state index contributed by atoms with van der Waals surface area (Å²) in [5, 5.41) is 0. The molecule has 0 heterocycles. The van der Waals surface area contributed by atoms with Gasteiger partial charge in [0, 0.05) is 0 Å². The number of allylic oxidation sites excluding steroid dienone is 2. The minimum atomic E-state index is 0.781. The molecule has 86 valence electrons. The number of benzene rings is 1. The van der Waals surface area contributed by atoms with E-state index in [0.717, 1.165) is 5.92 Å². The van der Waals surface area contributed by atoms with Crippen LogP contribution in [0.3, 0.4) is 0 Å². The Labute approximate surface area is 99.4 Å². The third-order valence-electron chi connectivity index (χ3n) is 3.54. The standard InChI is InChI=1S/C16H22/c1-2-4-7-11-15(12-8-5-3-1)16-13-9-6-10-14-16/h2,4,6,9-10,13-15H,1,3,5,7-8,11-12H2. The molecule has 2 rings (SSSR count). The third kappa shape index (κ3) is 3.52. The van der Waals surface area contributed by atoms with E-state index < -0.39 is 0 Å². The summed E-state index contributed by atoms with van der Waals surface area (Å²) in [6.07, 6.45) is 14.1. The van der Waals surface area contributed by atoms with Gasteiger partial charge in [0.15, 0.2) is 0 Å². The smallest absolute Gasteiger partial charge is 0.0159 e. The summed E-state index contributed by atoms with van der Waals surface area (Å²) in [6.45, 7) is 0. The molecule has 0 saturated carbocycles. The molecule has 1 aliphatic carbocycles. The molecule has 0 saturated heterocycles. The Hall–Kier alpha value is -1.04. The highest BCUT2D eigenvalue weighted by Gasteiger charge is 2.10. The Morgan fingerprint density at radius 1 is 0.750 bits per heavy atom. The average Bonchev–Trinajstić information content (AvgIpc) is 2.37. The molecule has 0 amide bonds. The quantitative estimate of drug-likeness (QED) is 0.572. The van der Waals surface area contributed by atoms with Gasteiger partial charge in [-0.2, -0.15) is 0 Å². The monoisotopic (exact) mass is 214 g/mol. The summed E-state index contributed by atoms with van der Waals surface area (Å²) in [5.74, 6) is 0.781. The van der Waals surface area contributed by atoms with E-state index in [9.17, 15) is 0 Å². The molecule has 0 fully saturated rings. The van der Waals surface area contributed by atoms with E-state index in [1.54, 1.807) is 0 Å². The van der Waals surface area contributed by atoms with E-state index in [-0.39, 0.29) is 0 Å². The van der Waals surface area contributed by atoms with Crippen LogP contribution in [0.2, 0.25) is 0 Å². The fourth-order valence-corrected chi connectivity index (χ4v) is 2.57. The molecule has 0 N–H and O–H groups in total. The van der Waals surface area contributed by atoms with E-state index in [0.29, 0.717) is 0 Å². The van der Waals surface area contributed by atoms with Gasteiger partial charge in [0.1, 0.15) is 0 Å². The fourth-order valence-electron chi connectivity index (χ4n) is 2.57. The van der Waals surface area contributed by atoms with Gasteiger partial charge in [-0.1, -0.05) is 55.3 Å². The lowest BCUT2D eigenvalue weighted by Gasteiger charge is -2.17. The van der Waals surface area contributed by atoms with Crippen LogP contribution in [0.4, 0.5) is 0 Å². The van der Waals surface area contributed by atoms with Crippen LogP contribution in [0.25, 0.3) is 0 Å². The first-order valence-corrected chi connectivity index (χ1v) is 6.67. The second kappa shape index (κ2) is 6.52. The van der Waals surface area contributed by atoms with Gasteiger partial charge in [-0.25, -0.2) is 0 Å².